The lowest BCUT2D eigenvalue weighted by Crippen LogP contribution is -2.13. The van der Waals surface area contributed by atoms with Crippen LogP contribution in [0.4, 0.5) is 5.69 Å². The molecule has 0 radical (unpaired) electrons. The number of rotatable bonds is 3. The molecule has 122 valence electrons. The van der Waals surface area contributed by atoms with Crippen molar-refractivity contribution in [2.24, 2.45) is 0 Å². The molecule has 3 rings (SSSR count). The van der Waals surface area contributed by atoms with Crippen molar-refractivity contribution in [1.29, 1.82) is 0 Å². The van der Waals surface area contributed by atoms with E-state index in [4.69, 9.17) is 10.7 Å². The molecule has 4 nitrogen and oxygen atoms in total. The van der Waals surface area contributed by atoms with Crippen LogP contribution in [0.2, 0.25) is 0 Å². The van der Waals surface area contributed by atoms with Crippen molar-refractivity contribution < 1.29 is 13.2 Å². The molecule has 24 heavy (non-hydrogen) atoms. The molecule has 1 amide bonds. The van der Waals surface area contributed by atoms with Crippen LogP contribution >= 0.6 is 10.7 Å². The summed E-state index contributed by atoms with van der Waals surface area (Å²) >= 11 is 0. The van der Waals surface area contributed by atoms with Crippen molar-refractivity contribution in [2.75, 3.05) is 5.32 Å². The van der Waals surface area contributed by atoms with Crippen LogP contribution in [0.25, 0.3) is 10.8 Å². The number of halogens is 1. The number of benzene rings is 3. The molecule has 3 aromatic carbocycles. The normalized spacial score (nSPS) is 11.4. The second kappa shape index (κ2) is 6.26. The van der Waals surface area contributed by atoms with E-state index in [9.17, 15) is 13.2 Å². The number of carbonyl (C=O) groups excluding carboxylic acids is 1. The van der Waals surface area contributed by atoms with Gasteiger partial charge in [-0.3, -0.25) is 4.79 Å². The van der Waals surface area contributed by atoms with Gasteiger partial charge in [-0.25, -0.2) is 8.42 Å². The van der Waals surface area contributed by atoms with Gasteiger partial charge in [0.2, 0.25) is 0 Å². The van der Waals surface area contributed by atoms with Crippen molar-refractivity contribution in [3.05, 3.63) is 71.8 Å². The lowest BCUT2D eigenvalue weighted by atomic mass is 10.1. The standard InChI is InChI=1S/C18H14ClNO3S/c1-12-6-2-3-7-13(12)18(21)20-16-10-11-17(24(19,22)23)15-9-5-4-8-14(15)16/h2-11H,1H3,(H,20,21). The molecule has 0 aliphatic rings. The maximum atomic E-state index is 12.5. The first kappa shape index (κ1) is 16.5. The lowest BCUT2D eigenvalue weighted by Gasteiger charge is -2.12. The van der Waals surface area contributed by atoms with E-state index in [1.165, 1.54) is 6.07 Å². The summed E-state index contributed by atoms with van der Waals surface area (Å²) < 4.78 is 23.4. The molecule has 0 aliphatic heterocycles. The first-order valence-electron chi connectivity index (χ1n) is 7.21. The Balaban J connectivity index is 2.09. The number of amides is 1. The minimum Gasteiger partial charge on any atom is -0.321 e. The first-order chi connectivity index (χ1) is 11.4. The number of hydrogen-bond acceptors (Lipinski definition) is 3. The molecule has 0 heterocycles. The summed E-state index contributed by atoms with van der Waals surface area (Å²) in [5, 5.41) is 3.92. The molecule has 0 fully saturated rings. The van der Waals surface area contributed by atoms with Gasteiger partial charge in [-0.05, 0) is 30.7 Å². The van der Waals surface area contributed by atoms with Crippen molar-refractivity contribution in [3.63, 3.8) is 0 Å². The Hall–Kier alpha value is -2.37. The van der Waals surface area contributed by atoms with E-state index in [2.05, 4.69) is 5.32 Å². The quantitative estimate of drug-likeness (QED) is 0.708. The van der Waals surface area contributed by atoms with Gasteiger partial charge in [0.05, 0.1) is 4.90 Å². The third-order valence-electron chi connectivity index (χ3n) is 3.78. The average molecular weight is 360 g/mol. The van der Waals surface area contributed by atoms with Crippen LogP contribution in [0.1, 0.15) is 15.9 Å². The molecule has 6 heteroatoms. The van der Waals surface area contributed by atoms with Crippen molar-refractivity contribution >= 4 is 42.1 Å². The zero-order valence-electron chi connectivity index (χ0n) is 12.8. The molecule has 0 saturated heterocycles. The number of anilines is 1. The van der Waals surface area contributed by atoms with Crippen LogP contribution in [0.5, 0.6) is 0 Å². The number of carbonyl (C=O) groups is 1. The molecule has 0 bridgehead atoms. The summed E-state index contributed by atoms with van der Waals surface area (Å²) in [4.78, 5) is 12.5. The van der Waals surface area contributed by atoms with Gasteiger partial charge >= 0.3 is 0 Å². The molecule has 0 spiro atoms. The third kappa shape index (κ3) is 3.13. The Bertz CT molecular complexity index is 1050. The molecule has 3 aromatic rings. The fraction of sp³-hybridized carbons (Fsp3) is 0.0556. The summed E-state index contributed by atoms with van der Waals surface area (Å²) in [7, 11) is 1.62. The van der Waals surface area contributed by atoms with Gasteiger partial charge in [-0.1, -0.05) is 42.5 Å². The Morgan fingerprint density at radius 2 is 1.54 bits per heavy atom. The van der Waals surface area contributed by atoms with E-state index in [-0.39, 0.29) is 10.8 Å². The van der Waals surface area contributed by atoms with Crippen LogP contribution in [0, 0.1) is 6.92 Å². The highest BCUT2D eigenvalue weighted by Crippen LogP contribution is 2.31. The zero-order chi connectivity index (χ0) is 17.3. The van der Waals surface area contributed by atoms with E-state index in [1.54, 1.807) is 42.5 Å². The number of hydrogen-bond donors (Lipinski definition) is 1. The van der Waals surface area contributed by atoms with Crippen LogP contribution in [0.15, 0.2) is 65.6 Å². The monoisotopic (exact) mass is 359 g/mol. The van der Waals surface area contributed by atoms with Crippen molar-refractivity contribution in [3.8, 4) is 0 Å². The van der Waals surface area contributed by atoms with E-state index in [0.29, 0.717) is 22.0 Å². The summed E-state index contributed by atoms with van der Waals surface area (Å²) in [6.45, 7) is 1.86. The molecule has 0 atom stereocenters. The lowest BCUT2D eigenvalue weighted by molar-refractivity contribution is 0.102. The molecule has 0 aliphatic carbocycles. The summed E-state index contributed by atoms with van der Waals surface area (Å²) in [6, 6.07) is 17.1. The fourth-order valence-electron chi connectivity index (χ4n) is 2.61. The smallest absolute Gasteiger partial charge is 0.261 e. The second-order valence-electron chi connectivity index (χ2n) is 5.36. The van der Waals surface area contributed by atoms with Gasteiger partial charge in [-0.15, -0.1) is 0 Å². The third-order valence-corrected chi connectivity index (χ3v) is 5.16. The van der Waals surface area contributed by atoms with Gasteiger partial charge in [0, 0.05) is 32.7 Å². The van der Waals surface area contributed by atoms with Crippen LogP contribution in [-0.4, -0.2) is 14.3 Å². The number of fused-ring (bicyclic) bond motifs is 1. The maximum Gasteiger partial charge on any atom is 0.261 e. The summed E-state index contributed by atoms with van der Waals surface area (Å²) in [6.07, 6.45) is 0. The summed E-state index contributed by atoms with van der Waals surface area (Å²) in [5.74, 6) is -0.250. The van der Waals surface area contributed by atoms with E-state index >= 15 is 0 Å². The highest BCUT2D eigenvalue weighted by atomic mass is 35.7. The largest absolute Gasteiger partial charge is 0.321 e. The average Bonchev–Trinajstić information content (AvgIpc) is 2.54. The van der Waals surface area contributed by atoms with Gasteiger partial charge in [0.1, 0.15) is 0 Å². The Morgan fingerprint density at radius 1 is 0.917 bits per heavy atom. The maximum absolute atomic E-state index is 12.5. The molecule has 0 saturated carbocycles. The van der Waals surface area contributed by atoms with Crippen LogP contribution in [-0.2, 0) is 9.05 Å². The van der Waals surface area contributed by atoms with Crippen molar-refractivity contribution in [1.82, 2.24) is 0 Å². The van der Waals surface area contributed by atoms with Crippen LogP contribution < -0.4 is 5.32 Å². The van der Waals surface area contributed by atoms with Gasteiger partial charge in [0.25, 0.3) is 15.0 Å². The van der Waals surface area contributed by atoms with Gasteiger partial charge in [0.15, 0.2) is 0 Å². The minimum absolute atomic E-state index is 0.0219. The minimum atomic E-state index is -3.87. The van der Waals surface area contributed by atoms with E-state index < -0.39 is 9.05 Å². The predicted molar refractivity (Wildman–Crippen MR) is 96.1 cm³/mol. The Morgan fingerprint density at radius 3 is 2.21 bits per heavy atom. The Kier molecular flexibility index (Phi) is 4.30. The highest BCUT2D eigenvalue weighted by molar-refractivity contribution is 8.14. The second-order valence-corrected chi connectivity index (χ2v) is 7.90. The molecule has 0 aromatic heterocycles. The van der Waals surface area contributed by atoms with E-state index in [1.807, 2.05) is 19.1 Å². The van der Waals surface area contributed by atoms with Gasteiger partial charge < -0.3 is 5.32 Å². The summed E-state index contributed by atoms with van der Waals surface area (Å²) in [5.41, 5.74) is 1.96. The SMILES string of the molecule is Cc1ccccc1C(=O)Nc1ccc(S(=O)(=O)Cl)c2ccccc12. The predicted octanol–water partition coefficient (Wildman–Crippen LogP) is 4.33. The molecular weight excluding hydrogens is 346 g/mol. The molecule has 0 unspecified atom stereocenters. The van der Waals surface area contributed by atoms with Crippen molar-refractivity contribution in [2.45, 2.75) is 11.8 Å². The van der Waals surface area contributed by atoms with E-state index in [0.717, 1.165) is 5.56 Å². The highest BCUT2D eigenvalue weighted by Gasteiger charge is 2.17. The Labute approximate surface area is 144 Å². The topological polar surface area (TPSA) is 63.2 Å². The van der Waals surface area contributed by atoms with Crippen LogP contribution in [0.3, 0.4) is 0 Å². The fourth-order valence-corrected chi connectivity index (χ4v) is 3.69. The number of nitrogens with one attached hydrogen (secondary N) is 1. The van der Waals surface area contributed by atoms with Gasteiger partial charge in [-0.2, -0.15) is 0 Å². The number of aryl methyl sites for hydroxylation is 1. The molecular formula is C18H14ClNO3S. The zero-order valence-corrected chi connectivity index (χ0v) is 14.4. The first-order valence-corrected chi connectivity index (χ1v) is 9.52. The molecule has 1 N–H and O–H groups in total.